The number of carbonyl (C=O) groups excluding carboxylic acids is 1. The van der Waals surface area contributed by atoms with Crippen LogP contribution in [-0.4, -0.2) is 25.1 Å². The summed E-state index contributed by atoms with van der Waals surface area (Å²) in [5.74, 6) is 1.76. The molecule has 4 heteroatoms. The Bertz CT molecular complexity index is 481. The van der Waals surface area contributed by atoms with E-state index in [9.17, 15) is 4.79 Å². The molecule has 2 fully saturated rings. The molecule has 4 nitrogen and oxygen atoms in total. The predicted molar refractivity (Wildman–Crippen MR) is 82.1 cm³/mol. The van der Waals surface area contributed by atoms with Crippen molar-refractivity contribution in [2.24, 2.45) is 5.92 Å². The van der Waals surface area contributed by atoms with Gasteiger partial charge in [-0.15, -0.1) is 0 Å². The van der Waals surface area contributed by atoms with Crippen LogP contribution in [0.15, 0.2) is 24.3 Å². The molecule has 2 saturated carbocycles. The Hall–Kier alpha value is -1.55. The Labute approximate surface area is 126 Å². The van der Waals surface area contributed by atoms with Crippen molar-refractivity contribution >= 4 is 5.91 Å². The second-order valence-corrected chi connectivity index (χ2v) is 6.13. The monoisotopic (exact) mass is 288 g/mol. The van der Waals surface area contributed by atoms with Gasteiger partial charge >= 0.3 is 0 Å². The minimum absolute atomic E-state index is 0.0501. The first-order chi connectivity index (χ1) is 10.3. The van der Waals surface area contributed by atoms with Gasteiger partial charge in [0.05, 0.1) is 12.6 Å². The van der Waals surface area contributed by atoms with Crippen molar-refractivity contribution in [2.75, 3.05) is 13.1 Å². The van der Waals surface area contributed by atoms with Gasteiger partial charge in [0.15, 0.2) is 0 Å². The van der Waals surface area contributed by atoms with Crippen LogP contribution < -0.4 is 15.4 Å². The fraction of sp³-hybridized carbons (Fsp3) is 0.588. The van der Waals surface area contributed by atoms with Crippen LogP contribution in [0.5, 0.6) is 5.75 Å². The first-order valence-corrected chi connectivity index (χ1v) is 8.03. The molecule has 1 aromatic rings. The molecule has 0 radical (unpaired) electrons. The summed E-state index contributed by atoms with van der Waals surface area (Å²) in [7, 11) is 0. The molecule has 0 heterocycles. The smallest absolute Gasteiger partial charge is 0.234 e. The molecule has 0 saturated heterocycles. The van der Waals surface area contributed by atoms with Gasteiger partial charge in [-0.3, -0.25) is 4.79 Å². The third kappa shape index (κ3) is 4.46. The van der Waals surface area contributed by atoms with Gasteiger partial charge in [-0.25, -0.2) is 0 Å². The normalized spacial score (nSPS) is 18.1. The number of nitrogens with one attached hydrogen (secondary N) is 2. The molecule has 0 bridgehead atoms. The Morgan fingerprint density at radius 3 is 2.71 bits per heavy atom. The van der Waals surface area contributed by atoms with Gasteiger partial charge in [0.1, 0.15) is 5.75 Å². The summed E-state index contributed by atoms with van der Waals surface area (Å²) >= 11 is 0. The summed E-state index contributed by atoms with van der Waals surface area (Å²) in [6, 6.07) is 7.98. The van der Waals surface area contributed by atoms with Gasteiger partial charge < -0.3 is 15.4 Å². The van der Waals surface area contributed by atoms with Crippen molar-refractivity contribution in [1.82, 2.24) is 10.6 Å². The van der Waals surface area contributed by atoms with Crippen molar-refractivity contribution in [3.05, 3.63) is 29.8 Å². The third-order valence-electron chi connectivity index (χ3n) is 4.21. The number of carbonyl (C=O) groups is 1. The number of amides is 1. The summed E-state index contributed by atoms with van der Waals surface area (Å²) in [6.45, 7) is 1.91. The number of rotatable bonds is 8. The second-order valence-electron chi connectivity index (χ2n) is 6.13. The van der Waals surface area contributed by atoms with Crippen molar-refractivity contribution in [3.63, 3.8) is 0 Å². The zero-order valence-electron chi connectivity index (χ0n) is 12.4. The summed E-state index contributed by atoms with van der Waals surface area (Å²) in [4.78, 5) is 11.8. The van der Waals surface area contributed by atoms with E-state index in [0.717, 1.165) is 36.6 Å². The van der Waals surface area contributed by atoms with E-state index in [1.165, 1.54) is 19.3 Å². The highest BCUT2D eigenvalue weighted by molar-refractivity contribution is 5.78. The van der Waals surface area contributed by atoms with Crippen molar-refractivity contribution in [3.8, 4) is 5.75 Å². The average molecular weight is 288 g/mol. The molecule has 3 rings (SSSR count). The van der Waals surface area contributed by atoms with Gasteiger partial charge in [-0.2, -0.15) is 0 Å². The highest BCUT2D eigenvalue weighted by Crippen LogP contribution is 2.28. The minimum Gasteiger partial charge on any atom is -0.490 e. The second kappa shape index (κ2) is 6.94. The Balaban J connectivity index is 1.43. The van der Waals surface area contributed by atoms with Crippen LogP contribution in [0, 0.1) is 5.92 Å². The maximum Gasteiger partial charge on any atom is 0.234 e. The lowest BCUT2D eigenvalue weighted by Crippen LogP contribution is -2.34. The summed E-state index contributed by atoms with van der Waals surface area (Å²) in [5.41, 5.74) is 1.06. The Kier molecular flexibility index (Phi) is 4.76. The van der Waals surface area contributed by atoms with Crippen LogP contribution in [0.2, 0.25) is 0 Å². The maximum atomic E-state index is 11.8. The molecular weight excluding hydrogens is 264 g/mol. The zero-order valence-corrected chi connectivity index (χ0v) is 12.4. The maximum absolute atomic E-state index is 11.8. The van der Waals surface area contributed by atoms with Gasteiger partial charge in [0, 0.05) is 12.1 Å². The zero-order chi connectivity index (χ0) is 14.5. The van der Waals surface area contributed by atoms with E-state index < -0.39 is 0 Å². The quantitative estimate of drug-likeness (QED) is 0.771. The average Bonchev–Trinajstić information content (AvgIpc) is 3.26. The van der Waals surface area contributed by atoms with E-state index in [-0.39, 0.29) is 5.91 Å². The molecule has 0 unspecified atom stereocenters. The molecule has 0 atom stereocenters. The fourth-order valence-electron chi connectivity index (χ4n) is 2.40. The molecule has 2 aliphatic rings. The number of hydrogen-bond acceptors (Lipinski definition) is 3. The van der Waals surface area contributed by atoms with Crippen LogP contribution in [0.3, 0.4) is 0 Å². The van der Waals surface area contributed by atoms with Crippen LogP contribution in [0.1, 0.15) is 37.7 Å². The third-order valence-corrected chi connectivity index (χ3v) is 4.21. The first kappa shape index (κ1) is 14.4. The van der Waals surface area contributed by atoms with E-state index in [1.54, 1.807) is 0 Å². The number of para-hydroxylation sites is 1. The van der Waals surface area contributed by atoms with Crippen molar-refractivity contribution in [2.45, 2.75) is 44.8 Å². The Morgan fingerprint density at radius 1 is 1.19 bits per heavy atom. The van der Waals surface area contributed by atoms with Crippen LogP contribution in [0.25, 0.3) is 0 Å². The van der Waals surface area contributed by atoms with Crippen molar-refractivity contribution in [1.29, 1.82) is 0 Å². The lowest BCUT2D eigenvalue weighted by atomic mass is 9.96. The van der Waals surface area contributed by atoms with Crippen molar-refractivity contribution < 1.29 is 9.53 Å². The predicted octanol–water partition coefficient (Wildman–Crippen LogP) is 2.23. The van der Waals surface area contributed by atoms with Crippen LogP contribution in [-0.2, 0) is 11.3 Å². The minimum atomic E-state index is 0.0501. The molecular formula is C17H24N2O2. The van der Waals surface area contributed by atoms with Gasteiger partial charge in [0.2, 0.25) is 5.91 Å². The standard InChI is InChI=1S/C17H24N2O2/c20-17(12-18-10-13-8-9-13)19-11-14-4-1-2-7-16(14)21-15-5-3-6-15/h1-2,4,7,13,15,18H,3,5-6,8-12H2,(H,19,20). The van der Waals surface area contributed by atoms with Gasteiger partial charge in [-0.05, 0) is 50.6 Å². The molecule has 2 aliphatic carbocycles. The van der Waals surface area contributed by atoms with E-state index in [1.807, 2.05) is 24.3 Å². The molecule has 0 aromatic heterocycles. The highest BCUT2D eigenvalue weighted by Gasteiger charge is 2.21. The Morgan fingerprint density at radius 2 is 2.00 bits per heavy atom. The first-order valence-electron chi connectivity index (χ1n) is 8.03. The number of benzene rings is 1. The van der Waals surface area contributed by atoms with Gasteiger partial charge in [-0.1, -0.05) is 18.2 Å². The largest absolute Gasteiger partial charge is 0.490 e. The lowest BCUT2D eigenvalue weighted by Gasteiger charge is -2.27. The topological polar surface area (TPSA) is 50.4 Å². The highest BCUT2D eigenvalue weighted by atomic mass is 16.5. The fourth-order valence-corrected chi connectivity index (χ4v) is 2.40. The summed E-state index contributed by atoms with van der Waals surface area (Å²) in [5, 5.41) is 6.17. The summed E-state index contributed by atoms with van der Waals surface area (Å²) in [6.07, 6.45) is 6.52. The van der Waals surface area contributed by atoms with E-state index in [0.29, 0.717) is 19.2 Å². The van der Waals surface area contributed by atoms with E-state index in [2.05, 4.69) is 10.6 Å². The molecule has 2 N–H and O–H groups in total. The lowest BCUT2D eigenvalue weighted by molar-refractivity contribution is -0.120. The SMILES string of the molecule is O=C(CNCC1CC1)NCc1ccccc1OC1CCC1. The van der Waals surface area contributed by atoms with Gasteiger partial charge in [0.25, 0.3) is 0 Å². The molecule has 1 amide bonds. The van der Waals surface area contributed by atoms with E-state index >= 15 is 0 Å². The molecule has 1 aromatic carbocycles. The molecule has 0 spiro atoms. The summed E-state index contributed by atoms with van der Waals surface area (Å²) < 4.78 is 5.97. The number of ether oxygens (including phenoxy) is 1. The van der Waals surface area contributed by atoms with Crippen LogP contribution >= 0.6 is 0 Å². The molecule has 21 heavy (non-hydrogen) atoms. The molecule has 0 aliphatic heterocycles. The number of hydrogen-bond donors (Lipinski definition) is 2. The van der Waals surface area contributed by atoms with Crippen LogP contribution in [0.4, 0.5) is 0 Å². The molecule has 114 valence electrons. The van der Waals surface area contributed by atoms with E-state index in [4.69, 9.17) is 4.74 Å².